The number of halogens is 1. The van der Waals surface area contributed by atoms with Crippen LogP contribution in [0.5, 0.6) is 5.75 Å². The second-order valence-electron chi connectivity index (χ2n) is 4.51. The second-order valence-corrected chi connectivity index (χ2v) is 4.51. The lowest BCUT2D eigenvalue weighted by molar-refractivity contribution is 0.416. The number of hydrogen-bond acceptors (Lipinski definition) is 3. The fourth-order valence-corrected chi connectivity index (χ4v) is 2.20. The van der Waals surface area contributed by atoms with E-state index in [4.69, 9.17) is 10.5 Å². The molecule has 1 aliphatic carbocycles. The van der Waals surface area contributed by atoms with Crippen molar-refractivity contribution >= 4 is 11.4 Å². The molecule has 3 N–H and O–H groups in total. The van der Waals surface area contributed by atoms with Crippen molar-refractivity contribution in [2.45, 2.75) is 25.7 Å². The maximum Gasteiger partial charge on any atom is 0.148 e. The summed E-state index contributed by atoms with van der Waals surface area (Å²) in [5, 5.41) is 3.09. The number of rotatable bonds is 5. The fraction of sp³-hybridized carbons (Fsp3) is 0.429. The van der Waals surface area contributed by atoms with E-state index < -0.39 is 0 Å². The quantitative estimate of drug-likeness (QED) is 0.622. The number of ether oxygens (including phenoxy) is 1. The Bertz CT molecular complexity index is 457. The van der Waals surface area contributed by atoms with Gasteiger partial charge in [0.15, 0.2) is 0 Å². The molecule has 3 nitrogen and oxygen atoms in total. The summed E-state index contributed by atoms with van der Waals surface area (Å²) in [6.45, 7) is 0.732. The molecule has 0 saturated heterocycles. The number of nitrogen functional groups attached to an aromatic ring is 1. The van der Waals surface area contributed by atoms with Gasteiger partial charge in [-0.3, -0.25) is 0 Å². The van der Waals surface area contributed by atoms with Crippen molar-refractivity contribution in [1.82, 2.24) is 0 Å². The minimum absolute atomic E-state index is 0.319. The molecule has 0 unspecified atom stereocenters. The molecule has 98 valence electrons. The first-order valence-electron chi connectivity index (χ1n) is 6.25. The molecule has 0 aromatic heterocycles. The smallest absolute Gasteiger partial charge is 0.148 e. The first-order valence-corrected chi connectivity index (χ1v) is 6.25. The van der Waals surface area contributed by atoms with Crippen molar-refractivity contribution in [3.8, 4) is 5.75 Å². The van der Waals surface area contributed by atoms with Gasteiger partial charge in [-0.05, 0) is 25.7 Å². The van der Waals surface area contributed by atoms with Crippen molar-refractivity contribution in [3.63, 3.8) is 0 Å². The van der Waals surface area contributed by atoms with Crippen LogP contribution in [0, 0.1) is 5.82 Å². The van der Waals surface area contributed by atoms with Crippen LogP contribution in [0.15, 0.2) is 23.8 Å². The molecule has 0 saturated carbocycles. The molecule has 0 aliphatic heterocycles. The van der Waals surface area contributed by atoms with Gasteiger partial charge in [0.05, 0.1) is 18.5 Å². The van der Waals surface area contributed by atoms with Crippen LogP contribution < -0.4 is 15.8 Å². The Kier molecular flexibility index (Phi) is 4.07. The van der Waals surface area contributed by atoms with E-state index in [2.05, 4.69) is 11.4 Å². The molecule has 0 fully saturated rings. The Labute approximate surface area is 107 Å². The molecule has 0 radical (unpaired) electrons. The molecule has 4 heteroatoms. The number of methoxy groups -OCH3 is 1. The highest BCUT2D eigenvalue weighted by Crippen LogP contribution is 2.28. The van der Waals surface area contributed by atoms with Crippen molar-refractivity contribution < 1.29 is 9.13 Å². The zero-order valence-corrected chi connectivity index (χ0v) is 10.6. The number of nitrogens with two attached hydrogens (primary N) is 1. The van der Waals surface area contributed by atoms with Gasteiger partial charge in [0.1, 0.15) is 11.6 Å². The average molecular weight is 250 g/mol. The van der Waals surface area contributed by atoms with Crippen LogP contribution in [-0.4, -0.2) is 13.7 Å². The lowest BCUT2D eigenvalue weighted by Crippen LogP contribution is -2.05. The van der Waals surface area contributed by atoms with Gasteiger partial charge < -0.3 is 15.8 Å². The van der Waals surface area contributed by atoms with Gasteiger partial charge in [0.2, 0.25) is 0 Å². The van der Waals surface area contributed by atoms with Gasteiger partial charge in [-0.15, -0.1) is 0 Å². The molecule has 1 aromatic rings. The van der Waals surface area contributed by atoms with Gasteiger partial charge in [-0.2, -0.15) is 0 Å². The molecular formula is C14H19FN2O. The van der Waals surface area contributed by atoms with Crippen LogP contribution in [0.25, 0.3) is 0 Å². The highest BCUT2D eigenvalue weighted by Gasteiger charge is 2.09. The molecule has 1 aliphatic rings. The SMILES string of the molecule is COc1cc(NCCC2=CCCC2)c(F)cc1N. The maximum atomic E-state index is 13.7. The number of hydrogen-bond donors (Lipinski definition) is 2. The summed E-state index contributed by atoms with van der Waals surface area (Å²) < 4.78 is 18.7. The minimum atomic E-state index is -0.339. The Morgan fingerprint density at radius 2 is 2.28 bits per heavy atom. The van der Waals surface area contributed by atoms with Gasteiger partial charge in [-0.1, -0.05) is 11.6 Å². The van der Waals surface area contributed by atoms with Crippen LogP contribution in [0.4, 0.5) is 15.8 Å². The molecule has 2 rings (SSSR count). The van der Waals surface area contributed by atoms with Crippen molar-refractivity contribution in [3.05, 3.63) is 29.6 Å². The van der Waals surface area contributed by atoms with Crippen LogP contribution in [0.1, 0.15) is 25.7 Å². The number of allylic oxidation sites excluding steroid dienone is 1. The van der Waals surface area contributed by atoms with Gasteiger partial charge >= 0.3 is 0 Å². The molecule has 1 aromatic carbocycles. The number of anilines is 2. The predicted molar refractivity (Wildman–Crippen MR) is 72.4 cm³/mol. The maximum absolute atomic E-state index is 13.7. The van der Waals surface area contributed by atoms with E-state index in [0.29, 0.717) is 17.1 Å². The highest BCUT2D eigenvalue weighted by molar-refractivity contribution is 5.62. The molecule has 0 amide bonds. The van der Waals surface area contributed by atoms with Gasteiger partial charge in [0, 0.05) is 18.7 Å². The third kappa shape index (κ3) is 2.94. The van der Waals surface area contributed by atoms with Crippen LogP contribution in [0.3, 0.4) is 0 Å². The predicted octanol–water partition coefficient (Wildman–Crippen LogP) is 3.33. The molecule has 0 bridgehead atoms. The monoisotopic (exact) mass is 250 g/mol. The third-order valence-corrected chi connectivity index (χ3v) is 3.22. The Morgan fingerprint density at radius 1 is 1.44 bits per heavy atom. The second kappa shape index (κ2) is 5.76. The summed E-state index contributed by atoms with van der Waals surface area (Å²) in [5.74, 6) is 0.160. The van der Waals surface area contributed by atoms with Crippen molar-refractivity contribution in [1.29, 1.82) is 0 Å². The summed E-state index contributed by atoms with van der Waals surface area (Å²) in [4.78, 5) is 0. The van der Waals surface area contributed by atoms with E-state index in [1.54, 1.807) is 6.07 Å². The molecule has 0 heterocycles. The van der Waals surface area contributed by atoms with Crippen molar-refractivity contribution in [2.24, 2.45) is 0 Å². The van der Waals surface area contributed by atoms with Crippen molar-refractivity contribution in [2.75, 3.05) is 24.7 Å². The van der Waals surface area contributed by atoms with Crippen LogP contribution in [0.2, 0.25) is 0 Å². The summed E-state index contributed by atoms with van der Waals surface area (Å²) in [6, 6.07) is 2.89. The van der Waals surface area contributed by atoms with E-state index >= 15 is 0 Å². The van der Waals surface area contributed by atoms with E-state index in [-0.39, 0.29) is 5.82 Å². The summed E-state index contributed by atoms with van der Waals surface area (Å²) in [6.07, 6.45) is 6.85. The van der Waals surface area contributed by atoms with E-state index in [1.165, 1.54) is 38.0 Å². The zero-order chi connectivity index (χ0) is 13.0. The third-order valence-electron chi connectivity index (χ3n) is 3.22. The van der Waals surface area contributed by atoms with Gasteiger partial charge in [0.25, 0.3) is 0 Å². The zero-order valence-electron chi connectivity index (χ0n) is 10.6. The number of benzene rings is 1. The van der Waals surface area contributed by atoms with Crippen LogP contribution in [-0.2, 0) is 0 Å². The molecule has 18 heavy (non-hydrogen) atoms. The van der Waals surface area contributed by atoms with E-state index in [9.17, 15) is 4.39 Å². The minimum Gasteiger partial charge on any atom is -0.495 e. The normalized spacial score (nSPS) is 14.4. The fourth-order valence-electron chi connectivity index (χ4n) is 2.20. The Morgan fingerprint density at radius 3 is 2.94 bits per heavy atom. The van der Waals surface area contributed by atoms with E-state index in [1.807, 2.05) is 0 Å². The Balaban J connectivity index is 1.95. The lowest BCUT2D eigenvalue weighted by atomic mass is 10.1. The van der Waals surface area contributed by atoms with Gasteiger partial charge in [-0.25, -0.2) is 4.39 Å². The summed E-state index contributed by atoms with van der Waals surface area (Å²) in [5.41, 5.74) is 7.85. The topological polar surface area (TPSA) is 47.3 Å². The summed E-state index contributed by atoms with van der Waals surface area (Å²) >= 11 is 0. The average Bonchev–Trinajstić information content (AvgIpc) is 2.85. The molecule has 0 spiro atoms. The number of nitrogens with one attached hydrogen (secondary N) is 1. The standard InChI is InChI=1S/C14H19FN2O/c1-18-14-9-13(11(15)8-12(14)16)17-7-6-10-4-2-3-5-10/h4,8-9,17H,2-3,5-7,16H2,1H3. The highest BCUT2D eigenvalue weighted by atomic mass is 19.1. The summed E-state index contributed by atoms with van der Waals surface area (Å²) in [7, 11) is 1.52. The van der Waals surface area contributed by atoms with Crippen LogP contribution >= 0.6 is 0 Å². The lowest BCUT2D eigenvalue weighted by Gasteiger charge is -2.11. The largest absolute Gasteiger partial charge is 0.495 e. The molecular weight excluding hydrogens is 231 g/mol. The van der Waals surface area contributed by atoms with E-state index in [0.717, 1.165) is 13.0 Å². The first-order chi connectivity index (χ1) is 8.70. The first kappa shape index (κ1) is 12.7. The Hall–Kier alpha value is -1.71. The molecule has 0 atom stereocenters.